The molecule has 2 saturated carbocycles. The van der Waals surface area contributed by atoms with Gasteiger partial charge in [-0.3, -0.25) is 9.59 Å². The van der Waals surface area contributed by atoms with E-state index < -0.39 is 57.0 Å². The van der Waals surface area contributed by atoms with Crippen molar-refractivity contribution in [3.63, 3.8) is 0 Å². The fraction of sp³-hybridized carbons (Fsp3) is 0.462. The zero-order valence-electron chi connectivity index (χ0n) is 18.7. The predicted octanol–water partition coefficient (Wildman–Crippen LogP) is 7.00. The highest BCUT2D eigenvalue weighted by molar-refractivity contribution is 8.03. The molecule has 34 heavy (non-hydrogen) atoms. The van der Waals surface area contributed by atoms with E-state index >= 15 is 8.78 Å². The number of rotatable bonds is 4. The van der Waals surface area contributed by atoms with Gasteiger partial charge in [-0.2, -0.15) is 0 Å². The topological polar surface area (TPSA) is 74.6 Å². The lowest BCUT2D eigenvalue weighted by molar-refractivity contribution is 0.0965. The van der Waals surface area contributed by atoms with Crippen molar-refractivity contribution < 1.29 is 28.6 Å². The Hall–Kier alpha value is -2.06. The van der Waals surface area contributed by atoms with Crippen LogP contribution in [-0.2, 0) is 0 Å². The van der Waals surface area contributed by atoms with Crippen LogP contribution in [0.5, 0.6) is 11.5 Å². The average molecular weight is 505 g/mol. The van der Waals surface area contributed by atoms with Crippen molar-refractivity contribution in [2.75, 3.05) is 0 Å². The molecule has 4 nitrogen and oxygen atoms in total. The lowest BCUT2D eigenvalue weighted by Crippen LogP contribution is -2.26. The summed E-state index contributed by atoms with van der Waals surface area (Å²) < 4.78 is 32.3. The fourth-order valence-electron chi connectivity index (χ4n) is 5.27. The van der Waals surface area contributed by atoms with Crippen molar-refractivity contribution in [3.8, 4) is 11.5 Å². The molecule has 0 saturated heterocycles. The highest BCUT2D eigenvalue weighted by Gasteiger charge is 2.42. The summed E-state index contributed by atoms with van der Waals surface area (Å²) in [6.45, 7) is 0. The van der Waals surface area contributed by atoms with Crippen LogP contribution in [0.3, 0.4) is 0 Å². The number of carbonyl (C=O) groups excluding carboxylic acids is 2. The van der Waals surface area contributed by atoms with Crippen LogP contribution < -0.4 is 0 Å². The third kappa shape index (κ3) is 4.02. The number of aromatic hydroxyl groups is 2. The van der Waals surface area contributed by atoms with E-state index in [1.165, 1.54) is 23.5 Å². The van der Waals surface area contributed by atoms with Crippen LogP contribution in [0.2, 0.25) is 0 Å². The smallest absolute Gasteiger partial charge is 0.201 e. The molecule has 2 fully saturated rings. The maximum atomic E-state index is 16.1. The van der Waals surface area contributed by atoms with Crippen molar-refractivity contribution in [2.24, 2.45) is 0 Å². The van der Waals surface area contributed by atoms with Gasteiger partial charge >= 0.3 is 0 Å². The monoisotopic (exact) mass is 504 g/mol. The normalized spacial score (nSPS) is 19.2. The Bertz CT molecular complexity index is 1080. The van der Waals surface area contributed by atoms with E-state index in [2.05, 4.69) is 0 Å². The van der Waals surface area contributed by atoms with Gasteiger partial charge in [-0.1, -0.05) is 38.5 Å². The van der Waals surface area contributed by atoms with Crippen molar-refractivity contribution in [3.05, 3.63) is 46.0 Å². The molecule has 0 spiro atoms. The summed E-state index contributed by atoms with van der Waals surface area (Å²) in [5.74, 6) is -4.82. The van der Waals surface area contributed by atoms with Crippen LogP contribution >= 0.6 is 23.5 Å². The number of hydrogen-bond donors (Lipinski definition) is 2. The molecule has 2 aromatic carbocycles. The van der Waals surface area contributed by atoms with E-state index in [0.717, 1.165) is 76.3 Å². The number of fused-ring (bicyclic) bond motifs is 2. The molecule has 2 N–H and O–H groups in total. The third-order valence-electron chi connectivity index (χ3n) is 7.04. The summed E-state index contributed by atoms with van der Waals surface area (Å²) >= 11 is 2.55. The van der Waals surface area contributed by atoms with Crippen LogP contribution in [0.25, 0.3) is 0 Å². The number of thioether (sulfide) groups is 2. The molecule has 0 heterocycles. The van der Waals surface area contributed by atoms with Crippen molar-refractivity contribution in [2.45, 2.75) is 84.5 Å². The Morgan fingerprint density at radius 1 is 0.618 bits per heavy atom. The van der Waals surface area contributed by atoms with Crippen LogP contribution in [0, 0.1) is 11.6 Å². The van der Waals surface area contributed by atoms with E-state index in [4.69, 9.17) is 0 Å². The first-order valence-electron chi connectivity index (χ1n) is 11.9. The Balaban J connectivity index is 1.68. The largest absolute Gasteiger partial charge is 0.507 e. The van der Waals surface area contributed by atoms with Gasteiger partial charge in [-0.15, -0.1) is 23.5 Å². The van der Waals surface area contributed by atoms with E-state index in [-0.39, 0.29) is 20.3 Å². The van der Waals surface area contributed by atoms with Crippen LogP contribution in [0.4, 0.5) is 8.78 Å². The molecule has 180 valence electrons. The van der Waals surface area contributed by atoms with Crippen LogP contribution in [0.15, 0.2) is 21.9 Å². The molecule has 0 atom stereocenters. The molecule has 0 bridgehead atoms. The molecule has 8 heteroatoms. The molecule has 3 aliphatic carbocycles. The SMILES string of the molecule is O=C1c2c(O)ccc(O)c2C(=O)c2c(F)c(SC3CCCCC3)c(SC3CCCCC3)c(F)c21. The number of hydrogen-bond acceptors (Lipinski definition) is 6. The summed E-state index contributed by atoms with van der Waals surface area (Å²) in [6, 6.07) is 2.15. The molecule has 2 aromatic rings. The lowest BCUT2D eigenvalue weighted by Gasteiger charge is -2.28. The second-order valence-corrected chi connectivity index (χ2v) is 11.9. The summed E-state index contributed by atoms with van der Waals surface area (Å²) in [4.78, 5) is 26.8. The van der Waals surface area contributed by atoms with E-state index in [0.29, 0.717) is 0 Å². The maximum absolute atomic E-state index is 16.1. The second kappa shape index (κ2) is 9.53. The van der Waals surface area contributed by atoms with Gasteiger partial charge in [0, 0.05) is 10.5 Å². The average Bonchev–Trinajstić information content (AvgIpc) is 2.84. The summed E-state index contributed by atoms with van der Waals surface area (Å²) in [7, 11) is 0. The van der Waals surface area contributed by atoms with Crippen molar-refractivity contribution in [1.29, 1.82) is 0 Å². The summed E-state index contributed by atoms with van der Waals surface area (Å²) in [6.07, 6.45) is 9.89. The van der Waals surface area contributed by atoms with Crippen molar-refractivity contribution >= 4 is 35.1 Å². The molecule has 0 aromatic heterocycles. The second-order valence-electron chi connectivity index (χ2n) is 9.30. The zero-order valence-corrected chi connectivity index (χ0v) is 20.3. The van der Waals surface area contributed by atoms with Gasteiger partial charge in [-0.25, -0.2) is 8.78 Å². The lowest BCUT2D eigenvalue weighted by atomic mass is 9.82. The number of benzene rings is 2. The van der Waals surface area contributed by atoms with Gasteiger partial charge in [0.1, 0.15) is 23.1 Å². The first kappa shape index (κ1) is 23.7. The van der Waals surface area contributed by atoms with E-state index in [9.17, 15) is 19.8 Å². The predicted molar refractivity (Wildman–Crippen MR) is 128 cm³/mol. The van der Waals surface area contributed by atoms with Gasteiger partial charge < -0.3 is 10.2 Å². The molecule has 0 amide bonds. The Labute approximate surface area is 205 Å². The molecular formula is C26H26F2O4S2. The van der Waals surface area contributed by atoms with Gasteiger partial charge in [-0.05, 0) is 37.8 Å². The Morgan fingerprint density at radius 2 is 0.971 bits per heavy atom. The highest BCUT2D eigenvalue weighted by Crippen LogP contribution is 2.49. The number of phenolic OH excluding ortho intramolecular Hbond substituents is 2. The fourth-order valence-corrected chi connectivity index (χ4v) is 8.17. The molecule has 0 radical (unpaired) electrons. The van der Waals surface area contributed by atoms with Gasteiger partial charge in [0.05, 0.1) is 32.0 Å². The molecule has 0 aliphatic heterocycles. The van der Waals surface area contributed by atoms with Crippen LogP contribution in [0.1, 0.15) is 96.1 Å². The third-order valence-corrected chi connectivity index (χ3v) is 10.0. The van der Waals surface area contributed by atoms with Crippen LogP contribution in [-0.4, -0.2) is 32.3 Å². The van der Waals surface area contributed by atoms with Gasteiger partial charge in [0.25, 0.3) is 0 Å². The summed E-state index contributed by atoms with van der Waals surface area (Å²) in [5.41, 5.74) is -2.22. The first-order chi connectivity index (χ1) is 16.4. The number of ketones is 2. The Morgan fingerprint density at radius 3 is 1.32 bits per heavy atom. The number of phenols is 2. The van der Waals surface area contributed by atoms with Crippen molar-refractivity contribution in [1.82, 2.24) is 0 Å². The first-order valence-corrected chi connectivity index (χ1v) is 13.7. The minimum absolute atomic E-state index is 0.1000. The molecule has 5 rings (SSSR count). The Kier molecular flexibility index (Phi) is 6.64. The van der Waals surface area contributed by atoms with E-state index in [1.807, 2.05) is 0 Å². The van der Waals surface area contributed by atoms with Gasteiger partial charge in [0.15, 0.2) is 0 Å². The highest BCUT2D eigenvalue weighted by atomic mass is 32.2. The standard InChI is InChI=1S/C26H26F2O4S2/c27-21-19-20(24(32)18-16(30)12-11-15(29)17(18)23(19)31)22(28)26(34-14-9-5-2-6-10-14)25(21)33-13-7-3-1-4-8-13/h11-14,29-30H,1-10H2. The number of carbonyl (C=O) groups is 2. The molecule has 0 unspecified atom stereocenters. The minimum Gasteiger partial charge on any atom is -0.507 e. The van der Waals surface area contributed by atoms with Gasteiger partial charge in [0.2, 0.25) is 11.6 Å². The molecule has 3 aliphatic rings. The van der Waals surface area contributed by atoms with E-state index in [1.54, 1.807) is 0 Å². The summed E-state index contributed by atoms with van der Waals surface area (Å²) in [5, 5.41) is 20.7. The molecular weight excluding hydrogens is 478 g/mol. The quantitative estimate of drug-likeness (QED) is 0.373. The number of halogens is 2. The minimum atomic E-state index is -0.978. The maximum Gasteiger partial charge on any atom is 0.201 e. The zero-order chi connectivity index (χ0) is 24.0.